The van der Waals surface area contributed by atoms with Crippen molar-refractivity contribution >= 4 is 22.8 Å². The van der Waals surface area contributed by atoms with Gasteiger partial charge in [0.15, 0.2) is 11.5 Å². The van der Waals surface area contributed by atoms with E-state index in [4.69, 9.17) is 25.4 Å². The van der Waals surface area contributed by atoms with Crippen LogP contribution in [0.2, 0.25) is 0 Å². The van der Waals surface area contributed by atoms with Gasteiger partial charge in [-0.2, -0.15) is 0 Å². The van der Waals surface area contributed by atoms with Gasteiger partial charge in [0, 0.05) is 41.9 Å². The highest BCUT2D eigenvalue weighted by Gasteiger charge is 2.25. The predicted octanol–water partition coefficient (Wildman–Crippen LogP) is 1.92. The normalized spacial score (nSPS) is 15.5. The van der Waals surface area contributed by atoms with Gasteiger partial charge in [-0.3, -0.25) is 0 Å². The molecule has 0 amide bonds. The highest BCUT2D eigenvalue weighted by molar-refractivity contribution is 5.90. The lowest BCUT2D eigenvalue weighted by molar-refractivity contribution is -0.134. The molecule has 144 valence electrons. The van der Waals surface area contributed by atoms with E-state index >= 15 is 0 Å². The maximum Gasteiger partial charge on any atom is 0.328 e. The third kappa shape index (κ3) is 4.06. The maximum absolute atomic E-state index is 9.55. The van der Waals surface area contributed by atoms with Crippen LogP contribution in [0, 0.1) is 0 Å². The number of hydrogen-bond donors (Lipinski definition) is 3. The molecule has 4 rings (SSSR count). The zero-order chi connectivity index (χ0) is 19.6. The van der Waals surface area contributed by atoms with E-state index in [0.717, 1.165) is 30.9 Å². The molecule has 1 unspecified atom stereocenters. The summed E-state index contributed by atoms with van der Waals surface area (Å²) in [7, 11) is 0. The molecule has 8 heteroatoms. The minimum absolute atomic E-state index is 0.182. The number of nitrogens with zero attached hydrogens (tertiary/aromatic N) is 1. The van der Waals surface area contributed by atoms with Crippen LogP contribution in [0.4, 0.5) is 0 Å². The van der Waals surface area contributed by atoms with Crippen LogP contribution < -0.4 is 15.2 Å². The van der Waals surface area contributed by atoms with E-state index in [1.54, 1.807) is 0 Å². The van der Waals surface area contributed by atoms with Crippen LogP contribution in [-0.2, 0) is 29.0 Å². The molecular weight excluding hydrogens is 352 g/mol. The Labute approximate surface area is 155 Å². The third-order valence-electron chi connectivity index (χ3n) is 4.47. The highest BCUT2D eigenvalue weighted by atomic mass is 16.7. The fraction of sp³-hybridized carbons (Fsp3) is 0.368. The second-order valence-corrected chi connectivity index (χ2v) is 6.59. The van der Waals surface area contributed by atoms with Crippen molar-refractivity contribution in [2.75, 3.05) is 6.79 Å². The highest BCUT2D eigenvalue weighted by Crippen LogP contribution is 2.41. The van der Waals surface area contributed by atoms with E-state index in [1.807, 2.05) is 0 Å². The standard InChI is InChI=1S/C15H18N2O2.C4H4O4/c1-9(16)5-10-11-6-14-15(19-8-18-14)7-13(11)17-4-2-3-12(10)17;5-3(6)1-2-4(7)8/h6-7,9H,2-5,8,16H2,1H3;1-2H,(H,5,6)(H,7,8). The fourth-order valence-corrected chi connectivity index (χ4v) is 3.50. The topological polar surface area (TPSA) is 124 Å². The molecule has 0 saturated carbocycles. The minimum atomic E-state index is -1.26. The average molecular weight is 374 g/mol. The minimum Gasteiger partial charge on any atom is -0.478 e. The maximum atomic E-state index is 9.55. The average Bonchev–Trinajstić information content (AvgIpc) is 3.29. The van der Waals surface area contributed by atoms with Crippen LogP contribution in [-0.4, -0.2) is 39.6 Å². The summed E-state index contributed by atoms with van der Waals surface area (Å²) in [5, 5.41) is 16.9. The van der Waals surface area contributed by atoms with Gasteiger partial charge in [-0.25, -0.2) is 9.59 Å². The van der Waals surface area contributed by atoms with Gasteiger partial charge >= 0.3 is 11.9 Å². The van der Waals surface area contributed by atoms with Gasteiger partial charge in [0.05, 0.1) is 5.52 Å². The summed E-state index contributed by atoms with van der Waals surface area (Å²) in [4.78, 5) is 19.1. The number of aromatic nitrogens is 1. The van der Waals surface area contributed by atoms with E-state index < -0.39 is 11.9 Å². The van der Waals surface area contributed by atoms with Crippen molar-refractivity contribution < 1.29 is 29.3 Å². The van der Waals surface area contributed by atoms with Crippen molar-refractivity contribution in [3.8, 4) is 11.5 Å². The Morgan fingerprint density at radius 1 is 1.22 bits per heavy atom. The molecule has 27 heavy (non-hydrogen) atoms. The zero-order valence-electron chi connectivity index (χ0n) is 15.0. The van der Waals surface area contributed by atoms with Crippen molar-refractivity contribution in [2.45, 2.75) is 38.8 Å². The number of benzene rings is 1. The molecule has 1 aromatic heterocycles. The van der Waals surface area contributed by atoms with E-state index in [9.17, 15) is 9.59 Å². The van der Waals surface area contributed by atoms with E-state index in [1.165, 1.54) is 28.6 Å². The monoisotopic (exact) mass is 374 g/mol. The Kier molecular flexibility index (Phi) is 5.36. The summed E-state index contributed by atoms with van der Waals surface area (Å²) in [6, 6.07) is 4.43. The fourth-order valence-electron chi connectivity index (χ4n) is 3.50. The molecule has 2 aromatic rings. The summed E-state index contributed by atoms with van der Waals surface area (Å²) in [5.74, 6) is -0.783. The molecule has 3 heterocycles. The molecular formula is C19H22N2O6. The zero-order valence-corrected chi connectivity index (χ0v) is 15.0. The van der Waals surface area contributed by atoms with Gasteiger partial charge in [0.2, 0.25) is 6.79 Å². The van der Waals surface area contributed by atoms with Gasteiger partial charge in [-0.15, -0.1) is 0 Å². The quantitative estimate of drug-likeness (QED) is 0.698. The van der Waals surface area contributed by atoms with Crippen LogP contribution in [0.15, 0.2) is 24.3 Å². The number of carboxylic acids is 2. The Bertz CT molecular complexity index is 897. The second kappa shape index (κ2) is 7.71. The first-order chi connectivity index (χ1) is 12.9. The van der Waals surface area contributed by atoms with Crippen LogP contribution >= 0.6 is 0 Å². The molecule has 4 N–H and O–H groups in total. The van der Waals surface area contributed by atoms with Crippen molar-refractivity contribution in [3.63, 3.8) is 0 Å². The molecule has 2 aliphatic rings. The van der Waals surface area contributed by atoms with Crippen molar-refractivity contribution in [3.05, 3.63) is 35.5 Å². The first kappa shape index (κ1) is 18.8. The number of ether oxygens (including phenoxy) is 2. The molecule has 1 atom stereocenters. The number of hydrogen-bond acceptors (Lipinski definition) is 5. The van der Waals surface area contributed by atoms with E-state index in [-0.39, 0.29) is 6.04 Å². The van der Waals surface area contributed by atoms with Crippen LogP contribution in [0.3, 0.4) is 0 Å². The number of nitrogens with two attached hydrogens (primary N) is 1. The molecule has 0 saturated heterocycles. The Balaban J connectivity index is 0.000000226. The van der Waals surface area contributed by atoms with Gasteiger partial charge in [0.1, 0.15) is 0 Å². The van der Waals surface area contributed by atoms with Gasteiger partial charge in [-0.1, -0.05) is 0 Å². The smallest absolute Gasteiger partial charge is 0.328 e. The molecule has 0 fully saturated rings. The number of aryl methyl sites for hydroxylation is 1. The summed E-state index contributed by atoms with van der Waals surface area (Å²) in [5.41, 5.74) is 10.1. The number of carboxylic acid groups (broad SMARTS) is 2. The molecule has 0 aliphatic carbocycles. The molecule has 0 radical (unpaired) electrons. The molecule has 2 aliphatic heterocycles. The van der Waals surface area contributed by atoms with Gasteiger partial charge in [-0.05, 0) is 37.8 Å². The number of carbonyl (C=O) groups is 2. The van der Waals surface area contributed by atoms with E-state index in [2.05, 4.69) is 23.6 Å². The number of fused-ring (bicyclic) bond motifs is 4. The number of rotatable bonds is 4. The van der Waals surface area contributed by atoms with Crippen LogP contribution in [0.5, 0.6) is 11.5 Å². The SMILES string of the molecule is CC(N)Cc1c2n(c3cc4c(cc13)OCO4)CCC2.O=C(O)C=CC(=O)O. The van der Waals surface area contributed by atoms with Crippen LogP contribution in [0.1, 0.15) is 24.6 Å². The summed E-state index contributed by atoms with van der Waals surface area (Å²) < 4.78 is 13.4. The van der Waals surface area contributed by atoms with Gasteiger partial charge in [0.25, 0.3) is 0 Å². The molecule has 0 spiro atoms. The lowest BCUT2D eigenvalue weighted by Gasteiger charge is -2.06. The molecule has 1 aromatic carbocycles. The summed E-state index contributed by atoms with van der Waals surface area (Å²) in [6.45, 7) is 3.50. The largest absolute Gasteiger partial charge is 0.478 e. The lowest BCUT2D eigenvalue weighted by Crippen LogP contribution is -2.18. The predicted molar refractivity (Wildman–Crippen MR) is 98.1 cm³/mol. The first-order valence-corrected chi connectivity index (χ1v) is 8.70. The van der Waals surface area contributed by atoms with Crippen molar-refractivity contribution in [2.24, 2.45) is 5.73 Å². The van der Waals surface area contributed by atoms with Gasteiger partial charge < -0.3 is 30.0 Å². The Morgan fingerprint density at radius 2 is 1.85 bits per heavy atom. The third-order valence-corrected chi connectivity index (χ3v) is 4.47. The van der Waals surface area contributed by atoms with Crippen molar-refractivity contribution in [1.29, 1.82) is 0 Å². The molecule has 0 bridgehead atoms. The van der Waals surface area contributed by atoms with E-state index in [0.29, 0.717) is 18.9 Å². The molecule has 8 nitrogen and oxygen atoms in total. The lowest BCUT2D eigenvalue weighted by atomic mass is 10.0. The Hall–Kier alpha value is -3.00. The first-order valence-electron chi connectivity index (χ1n) is 8.70. The summed E-state index contributed by atoms with van der Waals surface area (Å²) in [6.07, 6.45) is 4.43. The van der Waals surface area contributed by atoms with Crippen molar-refractivity contribution in [1.82, 2.24) is 4.57 Å². The van der Waals surface area contributed by atoms with Crippen LogP contribution in [0.25, 0.3) is 10.9 Å². The number of aliphatic carboxylic acids is 2. The second-order valence-electron chi connectivity index (χ2n) is 6.59. The Morgan fingerprint density at radius 3 is 2.44 bits per heavy atom. The summed E-state index contributed by atoms with van der Waals surface area (Å²) >= 11 is 0.